The molecule has 10 heteroatoms. The minimum absolute atomic E-state index is 0. The predicted octanol–water partition coefficient (Wildman–Crippen LogP) is 0.988. The second kappa shape index (κ2) is 12.8. The zero-order valence-corrected chi connectivity index (χ0v) is 16.2. The average Bonchev–Trinajstić information content (AvgIpc) is 2.59. The Morgan fingerprint density at radius 1 is 1.12 bits per heavy atom. The van der Waals surface area contributed by atoms with Gasteiger partial charge in [-0.1, -0.05) is 6.07 Å². The summed E-state index contributed by atoms with van der Waals surface area (Å²) in [7, 11) is 3.20. The molecule has 0 aromatic carbocycles. The van der Waals surface area contributed by atoms with E-state index in [2.05, 4.69) is 36.0 Å². The summed E-state index contributed by atoms with van der Waals surface area (Å²) in [5, 5.41) is 9.08. The second-order valence-corrected chi connectivity index (χ2v) is 5.17. The molecule has 0 spiro atoms. The van der Waals surface area contributed by atoms with E-state index in [1.54, 1.807) is 20.3 Å². The molecule has 0 fully saturated rings. The predicted molar refractivity (Wildman–Crippen MR) is 101 cm³/mol. The number of hydrazone groups is 2. The molecule has 0 unspecified atom stereocenters. The summed E-state index contributed by atoms with van der Waals surface area (Å²) in [6.45, 7) is 1.83. The van der Waals surface area contributed by atoms with Gasteiger partial charge >= 0.3 is 17.1 Å². The number of nitrogens with zero attached hydrogens (tertiary/aromatic N) is 5. The van der Waals surface area contributed by atoms with Crippen LogP contribution < -0.4 is 10.9 Å². The minimum Gasteiger partial charge on any atom is -0.741 e. The first-order chi connectivity index (χ1) is 11.1. The normalized spacial score (nSPS) is 13.3. The van der Waals surface area contributed by atoms with Crippen molar-refractivity contribution in [3.8, 4) is 0 Å². The summed E-state index contributed by atoms with van der Waals surface area (Å²) in [6, 6.07) is 3.92. The Morgan fingerprint density at radius 3 is 2.29 bits per heavy atom. The smallest absolute Gasteiger partial charge is 0.741 e. The van der Waals surface area contributed by atoms with Crippen LogP contribution in [-0.2, 0) is 48.7 Å². The van der Waals surface area contributed by atoms with Crippen LogP contribution in [0.15, 0.2) is 44.7 Å². The van der Waals surface area contributed by atoms with Crippen molar-refractivity contribution in [3.63, 3.8) is 0 Å². The molecule has 1 rings (SSSR count). The van der Waals surface area contributed by atoms with E-state index in [1.807, 2.05) is 25.3 Å². The van der Waals surface area contributed by atoms with Gasteiger partial charge in [-0.15, -0.1) is 0 Å². The molecule has 2 N–H and O–H groups in total. The Labute approximate surface area is 163 Å². The summed E-state index contributed by atoms with van der Waals surface area (Å²) in [4.78, 5) is 11.8. The fourth-order valence-electron chi connectivity index (χ4n) is 1.54. The van der Waals surface area contributed by atoms with Gasteiger partial charge in [0.1, 0.15) is 0 Å². The van der Waals surface area contributed by atoms with Crippen LogP contribution in [0.1, 0.15) is 18.9 Å². The molecule has 0 aliphatic heterocycles. The molecule has 133 valence electrons. The third kappa shape index (κ3) is 8.87. The van der Waals surface area contributed by atoms with Gasteiger partial charge in [-0.2, -0.15) is 10.2 Å². The fourth-order valence-corrected chi connectivity index (χ4v) is 1.63. The maximum Gasteiger partial charge on any atom is 2.00 e. The molecule has 0 amide bonds. The molecule has 0 saturated carbocycles. The molecule has 0 aliphatic rings. The first-order valence-electron chi connectivity index (χ1n) is 6.86. The molecule has 0 saturated heterocycles. The number of aryl methyl sites for hydroxylation is 1. The van der Waals surface area contributed by atoms with E-state index in [0.717, 1.165) is 17.7 Å². The van der Waals surface area contributed by atoms with Gasteiger partial charge in [-0.25, -0.2) is 0 Å². The van der Waals surface area contributed by atoms with Crippen LogP contribution in [-0.4, -0.2) is 40.8 Å². The van der Waals surface area contributed by atoms with E-state index in [4.69, 9.17) is 25.3 Å². The van der Waals surface area contributed by atoms with Crippen molar-refractivity contribution in [2.45, 2.75) is 19.8 Å². The SMILES string of the molecule is CN=C([S-])N/N=C(C)/C(CCc1cccnc1)=N/NC([S-])=NC.[Cu+2]. The van der Waals surface area contributed by atoms with Crippen LogP contribution in [0.5, 0.6) is 0 Å². The number of aliphatic imine (C=N–C) groups is 2. The zero-order chi connectivity index (χ0) is 17.1. The summed E-state index contributed by atoms with van der Waals surface area (Å²) in [6.07, 6.45) is 5.01. The second-order valence-electron chi connectivity index (χ2n) is 4.40. The Kier molecular flexibility index (Phi) is 11.9. The van der Waals surface area contributed by atoms with E-state index in [9.17, 15) is 0 Å². The van der Waals surface area contributed by atoms with E-state index < -0.39 is 0 Å². The quantitative estimate of drug-likeness (QED) is 0.239. The molecule has 1 heterocycles. The number of pyridine rings is 1. The number of nitrogens with one attached hydrogen (secondary N) is 2. The van der Waals surface area contributed by atoms with Gasteiger partial charge in [-0.3, -0.25) is 25.8 Å². The zero-order valence-electron chi connectivity index (χ0n) is 13.6. The molecular weight excluding hydrogens is 394 g/mol. The Hall–Kier alpha value is -1.61. The molecule has 7 nitrogen and oxygen atoms in total. The van der Waals surface area contributed by atoms with Crippen LogP contribution in [0.3, 0.4) is 0 Å². The number of aromatic nitrogens is 1. The van der Waals surface area contributed by atoms with Gasteiger partial charge in [0.2, 0.25) is 0 Å². The monoisotopic (exact) mass is 412 g/mol. The largest absolute Gasteiger partial charge is 2.00 e. The van der Waals surface area contributed by atoms with Crippen molar-refractivity contribution in [1.29, 1.82) is 0 Å². The Balaban J connectivity index is 0.00000529. The maximum atomic E-state index is 4.98. The standard InChI is InChI=1S/C14H21N7S2.Cu/c1-10(18-20-13(22)15-2)12(19-21-14(23)16-3)7-6-11-5-4-8-17-9-11;/h4-5,8-9H,6-7H2,1-3H3,(H2,15,20,22)(H2,16,21,23);/q;+2/p-2/b18-10+,19-12+;. The van der Waals surface area contributed by atoms with Crippen molar-refractivity contribution < 1.29 is 17.1 Å². The number of amidine groups is 2. The van der Waals surface area contributed by atoms with Crippen molar-refractivity contribution in [3.05, 3.63) is 30.1 Å². The van der Waals surface area contributed by atoms with E-state index in [-0.39, 0.29) is 17.1 Å². The number of hydrogen-bond acceptors (Lipinski definition) is 7. The molecule has 0 bridgehead atoms. The Bertz CT molecular complexity index is 615. The van der Waals surface area contributed by atoms with Gasteiger partial charge in [-0.05, 0) is 41.7 Å². The van der Waals surface area contributed by atoms with Gasteiger partial charge in [0.05, 0.1) is 11.4 Å². The van der Waals surface area contributed by atoms with Crippen LogP contribution in [0.4, 0.5) is 0 Å². The van der Waals surface area contributed by atoms with Crippen LogP contribution in [0.2, 0.25) is 0 Å². The fraction of sp³-hybridized carbons (Fsp3) is 0.357. The molecule has 24 heavy (non-hydrogen) atoms. The molecular formula is C14H19CuN7S2. The number of rotatable bonds is 6. The Morgan fingerprint density at radius 2 is 1.75 bits per heavy atom. The van der Waals surface area contributed by atoms with Gasteiger partial charge in [0, 0.05) is 26.5 Å². The first-order valence-corrected chi connectivity index (χ1v) is 7.68. The summed E-state index contributed by atoms with van der Waals surface area (Å²) >= 11 is 9.92. The van der Waals surface area contributed by atoms with Gasteiger partial charge in [0.25, 0.3) is 0 Å². The van der Waals surface area contributed by atoms with E-state index in [1.165, 1.54) is 0 Å². The van der Waals surface area contributed by atoms with E-state index >= 15 is 0 Å². The molecule has 0 atom stereocenters. The third-order valence-electron chi connectivity index (χ3n) is 2.80. The third-order valence-corrected chi connectivity index (χ3v) is 3.35. The van der Waals surface area contributed by atoms with Crippen molar-refractivity contribution in [2.24, 2.45) is 20.2 Å². The maximum absolute atomic E-state index is 4.98. The van der Waals surface area contributed by atoms with Gasteiger partial charge < -0.3 is 25.3 Å². The van der Waals surface area contributed by atoms with Crippen LogP contribution >= 0.6 is 0 Å². The van der Waals surface area contributed by atoms with Crippen molar-refractivity contribution in [1.82, 2.24) is 15.8 Å². The summed E-state index contributed by atoms with van der Waals surface area (Å²) in [5.41, 5.74) is 7.95. The van der Waals surface area contributed by atoms with E-state index in [0.29, 0.717) is 22.5 Å². The van der Waals surface area contributed by atoms with Gasteiger partial charge in [0.15, 0.2) is 0 Å². The summed E-state index contributed by atoms with van der Waals surface area (Å²) < 4.78 is 0. The number of hydrogen-bond donors (Lipinski definition) is 2. The summed E-state index contributed by atoms with van der Waals surface area (Å²) in [5.74, 6) is 0. The first kappa shape index (κ1) is 22.4. The molecule has 1 aromatic rings. The van der Waals surface area contributed by atoms with Crippen molar-refractivity contribution >= 4 is 47.0 Å². The topological polar surface area (TPSA) is 86.4 Å². The molecule has 1 aromatic heterocycles. The van der Waals surface area contributed by atoms with Crippen LogP contribution in [0.25, 0.3) is 0 Å². The molecule has 1 radical (unpaired) electrons. The minimum atomic E-state index is 0. The molecule has 0 aliphatic carbocycles. The van der Waals surface area contributed by atoms with Crippen molar-refractivity contribution in [2.75, 3.05) is 14.1 Å². The van der Waals surface area contributed by atoms with Crippen LogP contribution in [0, 0.1) is 0 Å². The average molecular weight is 413 g/mol.